The fourth-order valence-corrected chi connectivity index (χ4v) is 2.58. The number of hydrogen-bond acceptors (Lipinski definition) is 1. The number of aliphatic hydroxyl groups is 1. The van der Waals surface area contributed by atoms with E-state index in [0.717, 1.165) is 5.56 Å². The third-order valence-electron chi connectivity index (χ3n) is 4.10. The van der Waals surface area contributed by atoms with Gasteiger partial charge >= 0.3 is 0 Å². The van der Waals surface area contributed by atoms with Gasteiger partial charge in [0.05, 0.1) is 17.7 Å². The van der Waals surface area contributed by atoms with Crippen LogP contribution in [-0.4, -0.2) is 16.7 Å². The molecule has 1 aromatic heterocycles. The number of aromatic amines is 1. The third kappa shape index (κ3) is 2.29. The van der Waals surface area contributed by atoms with Crippen molar-refractivity contribution in [2.45, 2.75) is 19.3 Å². The Labute approximate surface area is 127 Å². The Morgan fingerprint density at radius 2 is 1.77 bits per heavy atom. The zero-order valence-electron chi connectivity index (χ0n) is 12.5. The second-order valence-corrected chi connectivity index (χ2v) is 6.11. The molecule has 1 heterocycles. The van der Waals surface area contributed by atoms with E-state index in [1.165, 1.54) is 6.07 Å². The minimum Gasteiger partial charge on any atom is -0.395 e. The molecule has 0 unspecified atom stereocenters. The van der Waals surface area contributed by atoms with E-state index in [9.17, 15) is 13.9 Å². The van der Waals surface area contributed by atoms with Crippen molar-refractivity contribution in [3.63, 3.8) is 0 Å². The van der Waals surface area contributed by atoms with Gasteiger partial charge in [0.2, 0.25) is 0 Å². The van der Waals surface area contributed by atoms with Crippen LogP contribution in [0.1, 0.15) is 19.4 Å². The van der Waals surface area contributed by atoms with Crippen LogP contribution >= 0.6 is 0 Å². The van der Waals surface area contributed by atoms with E-state index in [4.69, 9.17) is 0 Å². The van der Waals surface area contributed by atoms with Crippen LogP contribution in [0.25, 0.3) is 22.0 Å². The van der Waals surface area contributed by atoms with Gasteiger partial charge in [0.25, 0.3) is 0 Å². The van der Waals surface area contributed by atoms with Crippen molar-refractivity contribution in [3.8, 4) is 11.1 Å². The van der Waals surface area contributed by atoms with E-state index in [1.54, 1.807) is 36.5 Å². The van der Waals surface area contributed by atoms with Crippen molar-refractivity contribution in [2.75, 3.05) is 6.61 Å². The van der Waals surface area contributed by atoms with Crippen molar-refractivity contribution in [1.29, 1.82) is 0 Å². The molecule has 0 saturated carbocycles. The van der Waals surface area contributed by atoms with Crippen molar-refractivity contribution in [1.82, 2.24) is 4.98 Å². The molecule has 0 amide bonds. The first-order valence-electron chi connectivity index (χ1n) is 7.11. The van der Waals surface area contributed by atoms with E-state index in [2.05, 4.69) is 4.98 Å². The van der Waals surface area contributed by atoms with Gasteiger partial charge in [0.15, 0.2) is 0 Å². The summed E-state index contributed by atoms with van der Waals surface area (Å²) in [4.78, 5) is 2.81. The molecule has 0 saturated heterocycles. The molecule has 0 bridgehead atoms. The van der Waals surface area contributed by atoms with Crippen LogP contribution < -0.4 is 0 Å². The molecule has 4 heteroatoms. The highest BCUT2D eigenvalue weighted by molar-refractivity contribution is 5.86. The van der Waals surface area contributed by atoms with E-state index >= 15 is 0 Å². The minimum absolute atomic E-state index is 0.00434. The van der Waals surface area contributed by atoms with Gasteiger partial charge in [-0.2, -0.15) is 0 Å². The Morgan fingerprint density at radius 1 is 1.09 bits per heavy atom. The molecule has 22 heavy (non-hydrogen) atoms. The van der Waals surface area contributed by atoms with E-state index in [1.807, 2.05) is 13.8 Å². The molecule has 0 aliphatic heterocycles. The lowest BCUT2D eigenvalue weighted by atomic mass is 9.85. The highest BCUT2D eigenvalue weighted by Crippen LogP contribution is 2.33. The Morgan fingerprint density at radius 3 is 2.41 bits per heavy atom. The monoisotopic (exact) mass is 301 g/mol. The fraction of sp³-hybridized carbons (Fsp3) is 0.222. The van der Waals surface area contributed by atoms with Crippen LogP contribution in [0.5, 0.6) is 0 Å². The lowest BCUT2D eigenvalue weighted by molar-refractivity contribution is 0.218. The summed E-state index contributed by atoms with van der Waals surface area (Å²) in [5.41, 5.74) is 1.43. The molecule has 0 aliphatic carbocycles. The van der Waals surface area contributed by atoms with Crippen molar-refractivity contribution < 1.29 is 13.9 Å². The normalized spacial score (nSPS) is 12.0. The molecule has 2 aromatic carbocycles. The smallest absolute Gasteiger partial charge is 0.143 e. The minimum atomic E-state index is -0.596. The molecule has 0 fully saturated rings. The Hall–Kier alpha value is -2.20. The average molecular weight is 301 g/mol. The summed E-state index contributed by atoms with van der Waals surface area (Å²) >= 11 is 0. The van der Waals surface area contributed by atoms with Gasteiger partial charge in [0, 0.05) is 17.0 Å². The van der Waals surface area contributed by atoms with Gasteiger partial charge in [-0.3, -0.25) is 0 Å². The largest absolute Gasteiger partial charge is 0.395 e. The maximum absolute atomic E-state index is 14.5. The van der Waals surface area contributed by atoms with Gasteiger partial charge in [-0.1, -0.05) is 38.1 Å². The lowest BCUT2D eigenvalue weighted by Crippen LogP contribution is -2.21. The number of halogens is 2. The van der Waals surface area contributed by atoms with Crippen LogP contribution in [0.2, 0.25) is 0 Å². The maximum Gasteiger partial charge on any atom is 0.143 e. The number of nitrogens with one attached hydrogen (secondary N) is 1. The summed E-state index contributed by atoms with van der Waals surface area (Å²) in [6.45, 7) is 3.83. The van der Waals surface area contributed by atoms with Crippen LogP contribution in [0.15, 0.2) is 42.6 Å². The molecular formula is C18H17F2NO. The topological polar surface area (TPSA) is 36.0 Å². The molecule has 114 valence electrons. The molecule has 3 aromatic rings. The van der Waals surface area contributed by atoms with Crippen LogP contribution in [0.4, 0.5) is 8.78 Å². The number of benzene rings is 2. The molecule has 0 atom stereocenters. The van der Waals surface area contributed by atoms with E-state index in [-0.39, 0.29) is 17.6 Å². The molecule has 0 aliphatic rings. The molecule has 0 radical (unpaired) electrons. The SMILES string of the molecule is CC(C)(CO)c1ccc(-c2c(F)cc3[nH]ccc3c2F)cc1. The number of fused-ring (bicyclic) bond motifs is 1. The van der Waals surface area contributed by atoms with E-state index in [0.29, 0.717) is 16.5 Å². The van der Waals surface area contributed by atoms with Crippen LogP contribution in [0.3, 0.4) is 0 Å². The first kappa shape index (κ1) is 14.7. The predicted octanol–water partition coefficient (Wildman–Crippen LogP) is 4.38. The Bertz CT molecular complexity index is 819. The van der Waals surface area contributed by atoms with E-state index < -0.39 is 11.6 Å². The highest BCUT2D eigenvalue weighted by atomic mass is 19.1. The zero-order chi connectivity index (χ0) is 15.9. The average Bonchev–Trinajstić information content (AvgIpc) is 2.96. The number of H-pyrrole nitrogens is 1. The number of hydrogen-bond donors (Lipinski definition) is 2. The highest BCUT2D eigenvalue weighted by Gasteiger charge is 2.20. The molecule has 3 rings (SSSR count). The maximum atomic E-state index is 14.5. The van der Waals surface area contributed by atoms with Crippen molar-refractivity contribution >= 4 is 10.9 Å². The second-order valence-electron chi connectivity index (χ2n) is 6.11. The molecule has 0 spiro atoms. The molecule has 2 nitrogen and oxygen atoms in total. The number of rotatable bonds is 3. The van der Waals surface area contributed by atoms with Gasteiger partial charge in [-0.15, -0.1) is 0 Å². The first-order chi connectivity index (χ1) is 10.4. The van der Waals surface area contributed by atoms with Gasteiger partial charge in [0.1, 0.15) is 11.6 Å². The lowest BCUT2D eigenvalue weighted by Gasteiger charge is -2.22. The molecular weight excluding hydrogens is 284 g/mol. The summed E-state index contributed by atoms with van der Waals surface area (Å²) in [6, 6.07) is 9.87. The Balaban J connectivity index is 2.12. The zero-order valence-corrected chi connectivity index (χ0v) is 12.5. The number of aromatic nitrogens is 1. The predicted molar refractivity (Wildman–Crippen MR) is 83.8 cm³/mol. The summed E-state index contributed by atoms with van der Waals surface area (Å²) in [7, 11) is 0. The summed E-state index contributed by atoms with van der Waals surface area (Å²) in [6.07, 6.45) is 1.59. The summed E-state index contributed by atoms with van der Waals surface area (Å²) in [5.74, 6) is -1.16. The molecule has 2 N–H and O–H groups in total. The third-order valence-corrected chi connectivity index (χ3v) is 4.10. The summed E-state index contributed by atoms with van der Waals surface area (Å²) in [5, 5.41) is 9.76. The van der Waals surface area contributed by atoms with Crippen molar-refractivity contribution in [3.05, 3.63) is 59.8 Å². The fourth-order valence-electron chi connectivity index (χ4n) is 2.58. The Kier molecular flexibility index (Phi) is 3.49. The van der Waals surface area contributed by atoms with Crippen molar-refractivity contribution in [2.24, 2.45) is 0 Å². The van der Waals surface area contributed by atoms with Gasteiger partial charge in [-0.05, 0) is 23.3 Å². The van der Waals surface area contributed by atoms with Gasteiger partial charge in [-0.25, -0.2) is 8.78 Å². The van der Waals surface area contributed by atoms with Crippen LogP contribution in [0, 0.1) is 11.6 Å². The first-order valence-corrected chi connectivity index (χ1v) is 7.11. The second kappa shape index (κ2) is 5.21. The number of aliphatic hydroxyl groups excluding tert-OH is 1. The van der Waals surface area contributed by atoms with Gasteiger partial charge < -0.3 is 10.1 Å². The summed E-state index contributed by atoms with van der Waals surface area (Å²) < 4.78 is 28.8. The van der Waals surface area contributed by atoms with Crippen LogP contribution in [-0.2, 0) is 5.41 Å². The quantitative estimate of drug-likeness (QED) is 0.740. The standard InChI is InChI=1S/C18H17F2NO/c1-18(2,10-22)12-5-3-11(4-6-12)16-14(19)9-15-13(17(16)20)7-8-21-15/h3-9,21-22H,10H2,1-2H3.